The Morgan fingerprint density at radius 1 is 1.21 bits per heavy atom. The van der Waals surface area contributed by atoms with Crippen LogP contribution in [0.4, 0.5) is 17.6 Å². The Morgan fingerprint density at radius 3 is 2.46 bits per heavy atom. The topological polar surface area (TPSA) is 86.5 Å². The molecule has 0 aliphatic rings. The molecular formula is C17H17F4N3O4. The number of amides is 1. The largest absolute Gasteiger partial charge is 0.435 e. The van der Waals surface area contributed by atoms with Crippen molar-refractivity contribution >= 4 is 12.0 Å². The first kappa shape index (κ1) is 21.2. The van der Waals surface area contributed by atoms with Gasteiger partial charge in [-0.3, -0.25) is 4.79 Å². The van der Waals surface area contributed by atoms with Crippen molar-refractivity contribution in [2.75, 3.05) is 0 Å². The molecule has 0 aliphatic heterocycles. The average molecular weight is 403 g/mol. The second-order valence-electron chi connectivity index (χ2n) is 6.04. The highest BCUT2D eigenvalue weighted by Crippen LogP contribution is 2.28. The van der Waals surface area contributed by atoms with Crippen LogP contribution in [0.5, 0.6) is 11.5 Å². The molecule has 0 unspecified atom stereocenters. The fourth-order valence-electron chi connectivity index (χ4n) is 2.15. The number of benzene rings is 1. The van der Waals surface area contributed by atoms with E-state index in [2.05, 4.69) is 24.9 Å². The number of aryl methyl sites for hydroxylation is 1. The molecule has 0 aliphatic carbocycles. The maximum Gasteiger partial charge on any atom is 0.387 e. The lowest BCUT2D eigenvalue weighted by Crippen LogP contribution is -2.41. The third-order valence-electron chi connectivity index (χ3n) is 3.36. The first-order valence-corrected chi connectivity index (χ1v) is 7.91. The van der Waals surface area contributed by atoms with Crippen LogP contribution in [0.2, 0.25) is 0 Å². The Balaban J connectivity index is 2.16. The molecule has 28 heavy (non-hydrogen) atoms. The lowest BCUT2D eigenvalue weighted by molar-refractivity contribution is -0.118. The number of carbonyl (C=O) groups excluding carboxylic acids is 1. The van der Waals surface area contributed by atoms with Crippen LogP contribution >= 0.6 is 0 Å². The molecule has 1 aromatic carbocycles. The molecule has 1 heterocycles. The zero-order valence-electron chi connectivity index (χ0n) is 15.1. The van der Waals surface area contributed by atoms with Gasteiger partial charge in [0.1, 0.15) is 11.5 Å². The Labute approximate surface area is 157 Å². The normalized spacial score (nSPS) is 12.0. The Kier molecular flexibility index (Phi) is 6.60. The molecule has 7 nitrogen and oxygen atoms in total. The number of hydrogen-bond acceptors (Lipinski definition) is 6. The number of halogens is 4. The van der Waals surface area contributed by atoms with Gasteiger partial charge in [0, 0.05) is 24.6 Å². The predicted molar refractivity (Wildman–Crippen MR) is 88.9 cm³/mol. The molecule has 0 fully saturated rings. The van der Waals surface area contributed by atoms with E-state index >= 15 is 0 Å². The minimum Gasteiger partial charge on any atom is -0.435 e. The first-order chi connectivity index (χ1) is 13.1. The zero-order chi connectivity index (χ0) is 20.9. The standard InChI is InChI=1S/C17H17F4N3O4/c1-9-22-14(24-28-9)17(2,3)23-13(25)7-5-10-4-6-11(26-15(18)19)8-12(10)27-16(20)21/h4-8,15-16H,1-3H3,(H,23,25)/b7-5+. The van der Waals surface area contributed by atoms with Crippen molar-refractivity contribution in [3.8, 4) is 11.5 Å². The molecule has 0 bridgehead atoms. The van der Waals surface area contributed by atoms with Crippen LogP contribution in [0, 0.1) is 6.92 Å². The van der Waals surface area contributed by atoms with Crippen molar-refractivity contribution in [3.63, 3.8) is 0 Å². The van der Waals surface area contributed by atoms with Crippen LogP contribution in [0.3, 0.4) is 0 Å². The molecule has 152 valence electrons. The van der Waals surface area contributed by atoms with Gasteiger partial charge in [-0.2, -0.15) is 22.5 Å². The molecular weight excluding hydrogens is 386 g/mol. The van der Waals surface area contributed by atoms with Crippen LogP contribution in [-0.4, -0.2) is 29.3 Å². The zero-order valence-corrected chi connectivity index (χ0v) is 15.1. The Bertz CT molecular complexity index is 853. The number of nitrogens with zero attached hydrogens (tertiary/aromatic N) is 2. The van der Waals surface area contributed by atoms with Gasteiger partial charge in [-0.1, -0.05) is 5.16 Å². The van der Waals surface area contributed by atoms with Crippen molar-refractivity contribution in [1.29, 1.82) is 0 Å². The SMILES string of the molecule is Cc1nc(C(C)(C)NC(=O)/C=C/c2ccc(OC(F)F)cc2OC(F)F)no1. The average Bonchev–Trinajstić information content (AvgIpc) is 3.00. The summed E-state index contributed by atoms with van der Waals surface area (Å²) in [4.78, 5) is 16.2. The summed E-state index contributed by atoms with van der Waals surface area (Å²) in [5.41, 5.74) is -0.901. The number of carbonyl (C=O) groups is 1. The number of nitrogens with one attached hydrogen (secondary N) is 1. The second-order valence-corrected chi connectivity index (χ2v) is 6.04. The van der Waals surface area contributed by atoms with Gasteiger partial charge < -0.3 is 19.3 Å². The van der Waals surface area contributed by atoms with Crippen molar-refractivity contribution in [2.24, 2.45) is 0 Å². The van der Waals surface area contributed by atoms with Crippen LogP contribution < -0.4 is 14.8 Å². The molecule has 0 atom stereocenters. The maximum atomic E-state index is 12.6. The fourth-order valence-corrected chi connectivity index (χ4v) is 2.15. The third-order valence-corrected chi connectivity index (χ3v) is 3.36. The molecule has 0 radical (unpaired) electrons. The molecule has 1 N–H and O–H groups in total. The van der Waals surface area contributed by atoms with Gasteiger partial charge in [0.05, 0.1) is 5.54 Å². The highest BCUT2D eigenvalue weighted by atomic mass is 19.3. The molecule has 1 aromatic heterocycles. The maximum absolute atomic E-state index is 12.6. The van der Waals surface area contributed by atoms with Crippen molar-refractivity contribution in [3.05, 3.63) is 41.6 Å². The number of alkyl halides is 4. The summed E-state index contributed by atoms with van der Waals surface area (Å²) in [5, 5.41) is 6.37. The summed E-state index contributed by atoms with van der Waals surface area (Å²) < 4.78 is 63.0. The lowest BCUT2D eigenvalue weighted by Gasteiger charge is -2.21. The number of ether oxygens (including phenoxy) is 2. The minimum absolute atomic E-state index is 0.0604. The fraction of sp³-hybridized carbons (Fsp3) is 0.353. The van der Waals surface area contributed by atoms with E-state index in [1.807, 2.05) is 0 Å². The van der Waals surface area contributed by atoms with Gasteiger partial charge in [0.25, 0.3) is 0 Å². The summed E-state index contributed by atoms with van der Waals surface area (Å²) in [6.07, 6.45) is 2.26. The third kappa shape index (κ3) is 5.96. The van der Waals surface area contributed by atoms with Gasteiger partial charge >= 0.3 is 13.2 Å². The van der Waals surface area contributed by atoms with E-state index in [0.717, 1.165) is 18.2 Å². The van der Waals surface area contributed by atoms with Crippen LogP contribution in [0.15, 0.2) is 28.8 Å². The van der Waals surface area contributed by atoms with Gasteiger partial charge in [-0.05, 0) is 32.1 Å². The molecule has 2 aromatic rings. The van der Waals surface area contributed by atoms with E-state index in [1.54, 1.807) is 20.8 Å². The van der Waals surface area contributed by atoms with Crippen LogP contribution in [0.25, 0.3) is 6.08 Å². The van der Waals surface area contributed by atoms with E-state index in [4.69, 9.17) is 4.52 Å². The number of aromatic nitrogens is 2. The van der Waals surface area contributed by atoms with E-state index in [-0.39, 0.29) is 17.1 Å². The predicted octanol–water partition coefficient (Wildman–Crippen LogP) is 3.65. The monoisotopic (exact) mass is 403 g/mol. The molecule has 11 heteroatoms. The molecule has 0 saturated heterocycles. The molecule has 1 amide bonds. The molecule has 0 saturated carbocycles. The summed E-state index contributed by atoms with van der Waals surface area (Å²) in [6.45, 7) is -1.43. The quantitative estimate of drug-likeness (QED) is 0.535. The summed E-state index contributed by atoms with van der Waals surface area (Å²) in [6, 6.07) is 3.21. The van der Waals surface area contributed by atoms with E-state index < -0.39 is 30.4 Å². The van der Waals surface area contributed by atoms with E-state index in [0.29, 0.717) is 5.89 Å². The highest BCUT2D eigenvalue weighted by Gasteiger charge is 2.27. The molecule has 0 spiro atoms. The van der Waals surface area contributed by atoms with Gasteiger partial charge in [0.2, 0.25) is 11.8 Å². The first-order valence-electron chi connectivity index (χ1n) is 7.91. The van der Waals surface area contributed by atoms with Crippen LogP contribution in [-0.2, 0) is 10.3 Å². The lowest BCUT2D eigenvalue weighted by atomic mass is 10.0. The summed E-state index contributed by atoms with van der Waals surface area (Å²) >= 11 is 0. The van der Waals surface area contributed by atoms with Gasteiger partial charge in [-0.25, -0.2) is 0 Å². The minimum atomic E-state index is -3.19. The Hall–Kier alpha value is -3.11. The van der Waals surface area contributed by atoms with E-state index in [9.17, 15) is 22.4 Å². The second kappa shape index (κ2) is 8.72. The Morgan fingerprint density at radius 2 is 1.89 bits per heavy atom. The number of hydrogen-bond donors (Lipinski definition) is 1. The van der Waals surface area contributed by atoms with Crippen molar-refractivity contribution < 1.29 is 36.4 Å². The van der Waals surface area contributed by atoms with Gasteiger partial charge in [0.15, 0.2) is 5.82 Å². The summed E-state index contributed by atoms with van der Waals surface area (Å²) in [5.74, 6) is -0.788. The highest BCUT2D eigenvalue weighted by molar-refractivity contribution is 5.92. The number of rotatable bonds is 8. The van der Waals surface area contributed by atoms with Crippen molar-refractivity contribution in [2.45, 2.75) is 39.5 Å². The molecule has 2 rings (SSSR count). The van der Waals surface area contributed by atoms with Crippen molar-refractivity contribution in [1.82, 2.24) is 15.5 Å². The van der Waals surface area contributed by atoms with Crippen LogP contribution in [0.1, 0.15) is 31.1 Å². The smallest absolute Gasteiger partial charge is 0.387 e. The van der Waals surface area contributed by atoms with E-state index in [1.165, 1.54) is 12.1 Å². The van der Waals surface area contributed by atoms with Gasteiger partial charge in [-0.15, -0.1) is 0 Å². The summed E-state index contributed by atoms with van der Waals surface area (Å²) in [7, 11) is 0.